The van der Waals surface area contributed by atoms with Crippen molar-refractivity contribution in [2.45, 2.75) is 12.5 Å². The zero-order valence-corrected chi connectivity index (χ0v) is 22.6. The van der Waals surface area contributed by atoms with Gasteiger partial charge in [0.05, 0.1) is 42.6 Å². The van der Waals surface area contributed by atoms with Gasteiger partial charge in [0.15, 0.2) is 0 Å². The smallest absolute Gasteiger partial charge is 0.264 e. The van der Waals surface area contributed by atoms with E-state index in [1.807, 2.05) is 65.7 Å². The lowest BCUT2D eigenvalue weighted by Crippen LogP contribution is -2.46. The molecule has 2 aromatic heterocycles. The largest absolute Gasteiger partial charge is 0.496 e. The molecule has 4 heterocycles. The highest BCUT2D eigenvalue weighted by Crippen LogP contribution is 2.37. The lowest BCUT2D eigenvalue weighted by atomic mass is 9.99. The number of hydrogen-bond donors (Lipinski definition) is 0. The molecule has 2 amide bonds. The molecule has 0 saturated carbocycles. The van der Waals surface area contributed by atoms with E-state index in [-0.39, 0.29) is 24.4 Å². The summed E-state index contributed by atoms with van der Waals surface area (Å²) < 4.78 is 13.1. The zero-order valence-electron chi connectivity index (χ0n) is 21.8. The van der Waals surface area contributed by atoms with Crippen LogP contribution in [-0.2, 0) is 16.6 Å². The molecule has 1 saturated heterocycles. The number of amides is 2. The number of hydrogen-bond acceptors (Lipinski definition) is 7. The number of carbonyl (C=O) groups is 2. The van der Waals surface area contributed by atoms with Gasteiger partial charge in [-0.1, -0.05) is 24.3 Å². The van der Waals surface area contributed by atoms with E-state index in [1.165, 1.54) is 11.3 Å². The molecule has 0 radical (unpaired) electrons. The number of thiophene rings is 1. The Morgan fingerprint density at radius 1 is 1.13 bits per heavy atom. The minimum absolute atomic E-state index is 0.0589. The number of carbonyl (C=O) groups excluding carboxylic acids is 2. The van der Waals surface area contributed by atoms with E-state index in [0.717, 1.165) is 30.1 Å². The van der Waals surface area contributed by atoms with Crippen LogP contribution < -0.4 is 4.74 Å². The van der Waals surface area contributed by atoms with Crippen LogP contribution in [0.4, 0.5) is 0 Å². The monoisotopic (exact) mass is 535 g/mol. The van der Waals surface area contributed by atoms with Crippen LogP contribution in [0.3, 0.4) is 0 Å². The SMILES string of the molecule is COc1ccccc1[C@@H]1CC(c2cccn2C)=NN1C(=O)CN(CCN1CCOCC1)C(=O)c1cccs1. The first-order chi connectivity index (χ1) is 18.5. The summed E-state index contributed by atoms with van der Waals surface area (Å²) in [6.07, 6.45) is 2.52. The van der Waals surface area contributed by atoms with Gasteiger partial charge in [0, 0.05) is 51.4 Å². The fraction of sp³-hybridized carbons (Fsp3) is 0.393. The van der Waals surface area contributed by atoms with Crippen molar-refractivity contribution in [2.24, 2.45) is 12.1 Å². The molecule has 0 aliphatic carbocycles. The predicted octanol–water partition coefficient (Wildman–Crippen LogP) is 3.25. The lowest BCUT2D eigenvalue weighted by Gasteiger charge is -2.31. The van der Waals surface area contributed by atoms with Gasteiger partial charge in [-0.05, 0) is 29.6 Å². The van der Waals surface area contributed by atoms with E-state index in [1.54, 1.807) is 23.1 Å². The molecular formula is C28H33N5O4S. The molecule has 200 valence electrons. The Morgan fingerprint density at radius 3 is 2.66 bits per heavy atom. The third-order valence-electron chi connectivity index (χ3n) is 7.04. The van der Waals surface area contributed by atoms with E-state index >= 15 is 0 Å². The molecule has 1 atom stereocenters. The molecule has 10 heteroatoms. The number of hydrazone groups is 1. The Morgan fingerprint density at radius 2 is 1.95 bits per heavy atom. The van der Waals surface area contributed by atoms with Gasteiger partial charge in [-0.2, -0.15) is 5.10 Å². The Kier molecular flexibility index (Phi) is 8.21. The number of ether oxygens (including phenoxy) is 2. The van der Waals surface area contributed by atoms with Gasteiger partial charge in [-0.25, -0.2) is 5.01 Å². The molecule has 1 fully saturated rings. The number of nitrogens with zero attached hydrogens (tertiary/aromatic N) is 5. The van der Waals surface area contributed by atoms with Gasteiger partial charge in [0.1, 0.15) is 12.3 Å². The van der Waals surface area contributed by atoms with Crippen molar-refractivity contribution in [3.63, 3.8) is 0 Å². The number of methoxy groups -OCH3 is 1. The summed E-state index contributed by atoms with van der Waals surface area (Å²) in [5.74, 6) is 0.343. The van der Waals surface area contributed by atoms with Crippen molar-refractivity contribution in [3.8, 4) is 5.75 Å². The van der Waals surface area contributed by atoms with Crippen LogP contribution in [0.2, 0.25) is 0 Å². The number of para-hydroxylation sites is 1. The summed E-state index contributed by atoms with van der Waals surface area (Å²) in [6, 6.07) is 15.0. The Labute approximate surface area is 226 Å². The van der Waals surface area contributed by atoms with Gasteiger partial charge in [-0.3, -0.25) is 14.5 Å². The summed E-state index contributed by atoms with van der Waals surface area (Å²) in [5, 5.41) is 8.24. The topological polar surface area (TPSA) is 79.6 Å². The van der Waals surface area contributed by atoms with Crippen LogP contribution in [0.15, 0.2) is 65.2 Å². The van der Waals surface area contributed by atoms with Crippen LogP contribution in [-0.4, -0.2) is 89.9 Å². The first-order valence-corrected chi connectivity index (χ1v) is 13.7. The van der Waals surface area contributed by atoms with Crippen LogP contribution >= 0.6 is 11.3 Å². The summed E-state index contributed by atoms with van der Waals surface area (Å²) >= 11 is 1.39. The van der Waals surface area contributed by atoms with Crippen molar-refractivity contribution in [1.29, 1.82) is 0 Å². The highest BCUT2D eigenvalue weighted by Gasteiger charge is 2.36. The van der Waals surface area contributed by atoms with Crippen LogP contribution in [0.1, 0.15) is 33.4 Å². The third kappa shape index (κ3) is 5.67. The molecule has 9 nitrogen and oxygen atoms in total. The quantitative estimate of drug-likeness (QED) is 0.420. The average molecular weight is 536 g/mol. The van der Waals surface area contributed by atoms with Crippen LogP contribution in [0.5, 0.6) is 5.75 Å². The van der Waals surface area contributed by atoms with Crippen molar-refractivity contribution in [1.82, 2.24) is 19.4 Å². The molecule has 0 spiro atoms. The maximum atomic E-state index is 13.9. The molecule has 0 bridgehead atoms. The normalized spacial score (nSPS) is 17.9. The van der Waals surface area contributed by atoms with Crippen LogP contribution in [0.25, 0.3) is 0 Å². The standard InChI is InChI=1S/C28H33N5O4S/c1-30-11-5-8-23(30)22-19-24(21-7-3-4-9-25(21)36-2)33(29-22)27(34)20-32(28(35)26-10-6-18-38-26)13-12-31-14-16-37-17-15-31/h3-11,18,24H,12-17,19-20H2,1-2H3/t24-/m0/s1. The van der Waals surface area contributed by atoms with Gasteiger partial charge >= 0.3 is 0 Å². The Balaban J connectivity index is 1.41. The molecule has 1 aromatic carbocycles. The van der Waals surface area contributed by atoms with Crippen molar-refractivity contribution in [3.05, 3.63) is 76.2 Å². The maximum Gasteiger partial charge on any atom is 0.264 e. The molecule has 2 aliphatic rings. The number of morpholine rings is 1. The molecule has 0 unspecified atom stereocenters. The highest BCUT2D eigenvalue weighted by molar-refractivity contribution is 7.12. The molecule has 3 aromatic rings. The summed E-state index contributed by atoms with van der Waals surface area (Å²) in [4.78, 5) is 31.9. The number of rotatable bonds is 9. The molecule has 2 aliphatic heterocycles. The molecule has 5 rings (SSSR count). The first-order valence-electron chi connectivity index (χ1n) is 12.8. The maximum absolute atomic E-state index is 13.9. The number of aryl methyl sites for hydroxylation is 1. The van der Waals surface area contributed by atoms with E-state index in [2.05, 4.69) is 4.90 Å². The fourth-order valence-electron chi connectivity index (χ4n) is 4.97. The van der Waals surface area contributed by atoms with Crippen LogP contribution in [0, 0.1) is 0 Å². The van der Waals surface area contributed by atoms with Crippen molar-refractivity contribution in [2.75, 3.05) is 53.0 Å². The van der Waals surface area contributed by atoms with Crippen molar-refractivity contribution < 1.29 is 19.1 Å². The van der Waals surface area contributed by atoms with E-state index in [9.17, 15) is 9.59 Å². The molecule has 0 N–H and O–H groups in total. The fourth-order valence-corrected chi connectivity index (χ4v) is 5.66. The first kappa shape index (κ1) is 26.1. The Hall–Kier alpha value is -3.47. The average Bonchev–Trinajstić information content (AvgIpc) is 3.72. The zero-order chi connectivity index (χ0) is 26.5. The Bertz CT molecular complexity index is 1280. The van der Waals surface area contributed by atoms with E-state index in [0.29, 0.717) is 43.4 Å². The summed E-state index contributed by atoms with van der Waals surface area (Å²) in [5.41, 5.74) is 2.67. The minimum Gasteiger partial charge on any atom is -0.496 e. The van der Waals surface area contributed by atoms with Gasteiger partial charge in [-0.15, -0.1) is 11.3 Å². The summed E-state index contributed by atoms with van der Waals surface area (Å²) in [7, 11) is 3.60. The van der Waals surface area contributed by atoms with Gasteiger partial charge in [0.2, 0.25) is 0 Å². The number of benzene rings is 1. The summed E-state index contributed by atoms with van der Waals surface area (Å²) in [6.45, 7) is 4.08. The van der Waals surface area contributed by atoms with Gasteiger partial charge < -0.3 is 18.9 Å². The molecule has 38 heavy (non-hydrogen) atoms. The molecular weight excluding hydrogens is 502 g/mol. The lowest BCUT2D eigenvalue weighted by molar-refractivity contribution is -0.133. The minimum atomic E-state index is -0.332. The third-order valence-corrected chi connectivity index (χ3v) is 7.90. The second-order valence-corrected chi connectivity index (χ2v) is 10.4. The second kappa shape index (κ2) is 11.9. The highest BCUT2D eigenvalue weighted by atomic mass is 32.1. The van der Waals surface area contributed by atoms with E-state index in [4.69, 9.17) is 14.6 Å². The van der Waals surface area contributed by atoms with Gasteiger partial charge in [0.25, 0.3) is 11.8 Å². The van der Waals surface area contributed by atoms with Crippen molar-refractivity contribution >= 4 is 28.9 Å². The second-order valence-electron chi connectivity index (χ2n) is 9.41. The predicted molar refractivity (Wildman–Crippen MR) is 147 cm³/mol. The van der Waals surface area contributed by atoms with E-state index < -0.39 is 0 Å². The number of aromatic nitrogens is 1.